The number of ether oxygens (including phenoxy) is 1. The van der Waals surface area contributed by atoms with Crippen molar-refractivity contribution in [2.45, 2.75) is 44.9 Å². The molecular weight excluding hydrogens is 246 g/mol. The molecular formula is C14H23NO2S. The lowest BCUT2D eigenvalue weighted by Crippen LogP contribution is -2.47. The highest BCUT2D eigenvalue weighted by molar-refractivity contribution is 7.10. The molecule has 0 radical (unpaired) electrons. The Hall–Kier alpha value is -0.420. The van der Waals surface area contributed by atoms with E-state index in [9.17, 15) is 5.11 Å². The Kier molecular flexibility index (Phi) is 4.43. The molecule has 0 aliphatic carbocycles. The molecule has 1 aliphatic heterocycles. The van der Waals surface area contributed by atoms with Crippen molar-refractivity contribution in [2.75, 3.05) is 13.2 Å². The highest BCUT2D eigenvalue weighted by atomic mass is 32.1. The van der Waals surface area contributed by atoms with Crippen LogP contribution in [0.3, 0.4) is 0 Å². The summed E-state index contributed by atoms with van der Waals surface area (Å²) in [6.45, 7) is 7.61. The van der Waals surface area contributed by atoms with Gasteiger partial charge in [-0.2, -0.15) is 0 Å². The van der Waals surface area contributed by atoms with Crippen molar-refractivity contribution in [1.29, 1.82) is 0 Å². The predicted molar refractivity (Wildman–Crippen MR) is 74.9 cm³/mol. The fourth-order valence-corrected chi connectivity index (χ4v) is 3.40. The maximum absolute atomic E-state index is 10.5. The van der Waals surface area contributed by atoms with E-state index in [2.05, 4.69) is 36.7 Å². The zero-order valence-corrected chi connectivity index (χ0v) is 12.2. The smallest absolute Gasteiger partial charge is 0.105 e. The van der Waals surface area contributed by atoms with Gasteiger partial charge in [-0.05, 0) is 24.3 Å². The second kappa shape index (κ2) is 5.70. The molecule has 0 spiro atoms. The van der Waals surface area contributed by atoms with Crippen molar-refractivity contribution in [3.63, 3.8) is 0 Å². The zero-order chi connectivity index (χ0) is 13.2. The summed E-state index contributed by atoms with van der Waals surface area (Å²) >= 11 is 1.77. The summed E-state index contributed by atoms with van der Waals surface area (Å²) in [6, 6.07) is 4.54. The average Bonchev–Trinajstić information content (AvgIpc) is 2.91. The van der Waals surface area contributed by atoms with Crippen LogP contribution in [0.1, 0.15) is 38.1 Å². The third-order valence-corrected chi connectivity index (χ3v) is 4.76. The molecule has 1 aliphatic rings. The Morgan fingerprint density at radius 3 is 2.89 bits per heavy atom. The van der Waals surface area contributed by atoms with Crippen molar-refractivity contribution in [1.82, 2.24) is 5.32 Å². The summed E-state index contributed by atoms with van der Waals surface area (Å²) in [6.07, 6.45) is 0.636. The van der Waals surface area contributed by atoms with Gasteiger partial charge in [-0.15, -0.1) is 11.3 Å². The van der Waals surface area contributed by atoms with Crippen molar-refractivity contribution < 1.29 is 9.84 Å². The molecule has 0 saturated carbocycles. The quantitative estimate of drug-likeness (QED) is 0.863. The lowest BCUT2D eigenvalue weighted by atomic mass is 9.95. The molecule has 1 aromatic rings. The van der Waals surface area contributed by atoms with E-state index >= 15 is 0 Å². The van der Waals surface area contributed by atoms with Crippen LogP contribution in [0, 0.1) is 5.92 Å². The predicted octanol–water partition coefficient (Wildman–Crippen LogP) is 2.57. The van der Waals surface area contributed by atoms with Crippen LogP contribution in [0.25, 0.3) is 0 Å². The molecule has 0 amide bonds. The van der Waals surface area contributed by atoms with E-state index in [1.165, 1.54) is 4.88 Å². The van der Waals surface area contributed by atoms with Crippen LogP contribution in [0.15, 0.2) is 17.5 Å². The van der Waals surface area contributed by atoms with E-state index in [-0.39, 0.29) is 6.10 Å². The number of nitrogens with one attached hydrogen (secondary N) is 1. The third kappa shape index (κ3) is 2.94. The van der Waals surface area contributed by atoms with Crippen LogP contribution in [-0.4, -0.2) is 30.0 Å². The van der Waals surface area contributed by atoms with Crippen LogP contribution in [0.2, 0.25) is 0 Å². The molecule has 1 aromatic heterocycles. The number of hydrogen-bond donors (Lipinski definition) is 2. The van der Waals surface area contributed by atoms with E-state index in [0.717, 1.165) is 6.42 Å². The van der Waals surface area contributed by atoms with Gasteiger partial charge in [-0.3, -0.25) is 0 Å². The van der Waals surface area contributed by atoms with Crippen LogP contribution < -0.4 is 5.32 Å². The minimum Gasteiger partial charge on any atom is -0.386 e. The van der Waals surface area contributed by atoms with Crippen molar-refractivity contribution in [2.24, 2.45) is 5.92 Å². The molecule has 1 saturated heterocycles. The molecule has 3 unspecified atom stereocenters. The Balaban J connectivity index is 1.98. The number of hydrogen-bond acceptors (Lipinski definition) is 4. The molecule has 3 atom stereocenters. The van der Waals surface area contributed by atoms with Gasteiger partial charge in [0.25, 0.3) is 0 Å². The standard InChI is InChI=1S/C14H23NO2S/c1-10(2)13(12-5-4-8-18-12)15-9-14(16)6-7-17-11(14)3/h4-5,8,10-11,13,15-16H,6-7,9H2,1-3H3. The normalized spacial score (nSPS) is 29.9. The first-order valence-electron chi connectivity index (χ1n) is 6.64. The van der Waals surface area contributed by atoms with Gasteiger partial charge in [0.2, 0.25) is 0 Å². The monoisotopic (exact) mass is 269 g/mol. The first-order valence-corrected chi connectivity index (χ1v) is 7.51. The van der Waals surface area contributed by atoms with E-state index in [1.807, 2.05) is 6.92 Å². The van der Waals surface area contributed by atoms with Gasteiger partial charge in [0.1, 0.15) is 5.60 Å². The van der Waals surface area contributed by atoms with E-state index < -0.39 is 5.60 Å². The van der Waals surface area contributed by atoms with Gasteiger partial charge in [0.15, 0.2) is 0 Å². The average molecular weight is 269 g/mol. The molecule has 0 aromatic carbocycles. The second-order valence-corrected chi connectivity index (χ2v) is 6.46. The highest BCUT2D eigenvalue weighted by Crippen LogP contribution is 2.29. The topological polar surface area (TPSA) is 41.5 Å². The molecule has 0 bridgehead atoms. The summed E-state index contributed by atoms with van der Waals surface area (Å²) in [4.78, 5) is 1.33. The Bertz CT molecular complexity index is 366. The second-order valence-electron chi connectivity index (χ2n) is 5.48. The minimum atomic E-state index is -0.718. The fraction of sp³-hybridized carbons (Fsp3) is 0.714. The number of rotatable bonds is 5. The molecule has 2 heterocycles. The Morgan fingerprint density at radius 1 is 1.61 bits per heavy atom. The van der Waals surface area contributed by atoms with Crippen LogP contribution in [-0.2, 0) is 4.74 Å². The summed E-state index contributed by atoms with van der Waals surface area (Å²) in [7, 11) is 0. The van der Waals surface area contributed by atoms with E-state index in [0.29, 0.717) is 25.1 Å². The minimum absolute atomic E-state index is 0.0823. The van der Waals surface area contributed by atoms with Gasteiger partial charge in [0, 0.05) is 30.5 Å². The molecule has 3 nitrogen and oxygen atoms in total. The van der Waals surface area contributed by atoms with Gasteiger partial charge < -0.3 is 15.2 Å². The molecule has 1 fully saturated rings. The van der Waals surface area contributed by atoms with Crippen LogP contribution >= 0.6 is 11.3 Å². The van der Waals surface area contributed by atoms with Crippen LogP contribution in [0.5, 0.6) is 0 Å². The Morgan fingerprint density at radius 2 is 2.39 bits per heavy atom. The lowest BCUT2D eigenvalue weighted by Gasteiger charge is -2.30. The number of thiophene rings is 1. The van der Waals surface area contributed by atoms with Crippen LogP contribution in [0.4, 0.5) is 0 Å². The van der Waals surface area contributed by atoms with Gasteiger partial charge in [-0.1, -0.05) is 19.9 Å². The first-order chi connectivity index (χ1) is 8.53. The summed E-state index contributed by atoms with van der Waals surface area (Å²) in [5.74, 6) is 0.505. The molecule has 102 valence electrons. The van der Waals surface area contributed by atoms with Crippen molar-refractivity contribution >= 4 is 11.3 Å². The van der Waals surface area contributed by atoms with E-state index in [4.69, 9.17) is 4.74 Å². The molecule has 4 heteroatoms. The summed E-state index contributed by atoms with van der Waals surface area (Å²) in [5, 5.41) is 16.1. The van der Waals surface area contributed by atoms with Crippen molar-refractivity contribution in [3.8, 4) is 0 Å². The maximum atomic E-state index is 10.5. The van der Waals surface area contributed by atoms with E-state index in [1.54, 1.807) is 11.3 Å². The molecule has 18 heavy (non-hydrogen) atoms. The SMILES string of the molecule is CC(C)C(NCC1(O)CCOC1C)c1cccs1. The lowest BCUT2D eigenvalue weighted by molar-refractivity contribution is -0.0284. The van der Waals surface area contributed by atoms with Gasteiger partial charge >= 0.3 is 0 Å². The summed E-state index contributed by atoms with van der Waals surface area (Å²) < 4.78 is 5.46. The molecule has 2 rings (SSSR count). The Labute approximate surface area is 113 Å². The summed E-state index contributed by atoms with van der Waals surface area (Å²) in [5.41, 5.74) is -0.718. The highest BCUT2D eigenvalue weighted by Gasteiger charge is 2.39. The fourth-order valence-electron chi connectivity index (χ4n) is 2.42. The van der Waals surface area contributed by atoms with Crippen molar-refractivity contribution in [3.05, 3.63) is 22.4 Å². The zero-order valence-electron chi connectivity index (χ0n) is 11.3. The third-order valence-electron chi connectivity index (χ3n) is 3.80. The molecule has 2 N–H and O–H groups in total. The number of aliphatic hydroxyl groups is 1. The van der Waals surface area contributed by atoms with Gasteiger partial charge in [-0.25, -0.2) is 0 Å². The maximum Gasteiger partial charge on any atom is 0.105 e. The first kappa shape index (κ1) is 14.0. The largest absolute Gasteiger partial charge is 0.386 e. The van der Waals surface area contributed by atoms with Gasteiger partial charge in [0.05, 0.1) is 6.10 Å².